The number of aliphatic hydroxyl groups is 1. The number of nitrogens with one attached hydrogen (secondary N) is 1. The van der Waals surface area contributed by atoms with E-state index in [-0.39, 0.29) is 11.3 Å². The lowest BCUT2D eigenvalue weighted by Gasteiger charge is -2.16. The SMILES string of the molecule is COc1ccc([C@H]2NC(=O)C(=O)C2=C(O)c2ccc(Cl)cc2)cc1OC. The van der Waals surface area contributed by atoms with Crippen molar-refractivity contribution in [2.45, 2.75) is 6.04 Å². The summed E-state index contributed by atoms with van der Waals surface area (Å²) in [5.74, 6) is -0.870. The molecule has 134 valence electrons. The fraction of sp³-hybridized carbons (Fsp3) is 0.158. The summed E-state index contributed by atoms with van der Waals surface area (Å²) in [5.41, 5.74) is 0.946. The molecule has 3 rings (SSSR count). The first-order valence-corrected chi connectivity index (χ1v) is 8.10. The Balaban J connectivity index is 2.11. The van der Waals surface area contributed by atoms with Crippen LogP contribution in [0.2, 0.25) is 5.02 Å². The van der Waals surface area contributed by atoms with E-state index in [1.54, 1.807) is 42.5 Å². The molecule has 6 nitrogen and oxygen atoms in total. The molecule has 1 fully saturated rings. The topological polar surface area (TPSA) is 84.9 Å². The molecule has 1 aliphatic rings. The Hall–Kier alpha value is -2.99. The molecular formula is C19H16ClNO5. The van der Waals surface area contributed by atoms with Crippen LogP contribution in [0, 0.1) is 0 Å². The number of ketones is 1. The third-order valence-corrected chi connectivity index (χ3v) is 4.38. The van der Waals surface area contributed by atoms with E-state index in [0.29, 0.717) is 27.6 Å². The third kappa shape index (κ3) is 3.11. The zero-order valence-electron chi connectivity index (χ0n) is 14.1. The van der Waals surface area contributed by atoms with Crippen LogP contribution in [0.25, 0.3) is 5.76 Å². The first-order valence-electron chi connectivity index (χ1n) is 7.72. The van der Waals surface area contributed by atoms with Gasteiger partial charge in [-0.15, -0.1) is 0 Å². The van der Waals surface area contributed by atoms with E-state index in [1.165, 1.54) is 14.2 Å². The quantitative estimate of drug-likeness (QED) is 0.489. The fourth-order valence-corrected chi connectivity index (χ4v) is 2.94. The van der Waals surface area contributed by atoms with Crippen LogP contribution in [0.5, 0.6) is 11.5 Å². The van der Waals surface area contributed by atoms with E-state index >= 15 is 0 Å². The average Bonchev–Trinajstić information content (AvgIpc) is 2.96. The lowest BCUT2D eigenvalue weighted by Crippen LogP contribution is -2.21. The van der Waals surface area contributed by atoms with Gasteiger partial charge < -0.3 is 19.9 Å². The van der Waals surface area contributed by atoms with E-state index in [0.717, 1.165) is 0 Å². The lowest BCUT2D eigenvalue weighted by atomic mass is 9.95. The van der Waals surface area contributed by atoms with Crippen molar-refractivity contribution in [1.29, 1.82) is 0 Å². The maximum absolute atomic E-state index is 12.3. The van der Waals surface area contributed by atoms with Crippen molar-refractivity contribution in [3.8, 4) is 11.5 Å². The molecule has 26 heavy (non-hydrogen) atoms. The van der Waals surface area contributed by atoms with Gasteiger partial charge in [-0.3, -0.25) is 9.59 Å². The molecule has 2 aromatic carbocycles. The number of methoxy groups -OCH3 is 2. The van der Waals surface area contributed by atoms with Gasteiger partial charge in [0, 0.05) is 10.6 Å². The molecule has 0 spiro atoms. The summed E-state index contributed by atoms with van der Waals surface area (Å²) in [6, 6.07) is 10.5. The number of rotatable bonds is 4. The highest BCUT2D eigenvalue weighted by atomic mass is 35.5. The van der Waals surface area contributed by atoms with Crippen molar-refractivity contribution in [1.82, 2.24) is 5.32 Å². The van der Waals surface area contributed by atoms with Crippen LogP contribution >= 0.6 is 11.6 Å². The van der Waals surface area contributed by atoms with Crippen LogP contribution in [0.3, 0.4) is 0 Å². The molecule has 1 atom stereocenters. The predicted octanol–water partition coefficient (Wildman–Crippen LogP) is 3.07. The number of benzene rings is 2. The Morgan fingerprint density at radius 1 is 1.04 bits per heavy atom. The Kier molecular flexibility index (Phi) is 4.86. The maximum atomic E-state index is 12.3. The van der Waals surface area contributed by atoms with Crippen LogP contribution < -0.4 is 14.8 Å². The summed E-state index contributed by atoms with van der Waals surface area (Å²) in [7, 11) is 3.00. The van der Waals surface area contributed by atoms with Gasteiger partial charge in [0.25, 0.3) is 11.7 Å². The number of hydrogen-bond donors (Lipinski definition) is 2. The van der Waals surface area contributed by atoms with Gasteiger partial charge in [-0.2, -0.15) is 0 Å². The van der Waals surface area contributed by atoms with Crippen molar-refractivity contribution in [2.75, 3.05) is 14.2 Å². The molecule has 0 bridgehead atoms. The second kappa shape index (κ2) is 7.09. The number of carbonyl (C=O) groups is 2. The first-order chi connectivity index (χ1) is 12.5. The number of halogens is 1. The van der Waals surface area contributed by atoms with Crippen molar-refractivity contribution in [3.05, 3.63) is 64.2 Å². The van der Waals surface area contributed by atoms with Gasteiger partial charge >= 0.3 is 0 Å². The Bertz CT molecular complexity index is 905. The minimum Gasteiger partial charge on any atom is -0.507 e. The number of hydrogen-bond acceptors (Lipinski definition) is 5. The second-order valence-corrected chi connectivity index (χ2v) is 6.06. The van der Waals surface area contributed by atoms with Gasteiger partial charge in [-0.05, 0) is 42.0 Å². The van der Waals surface area contributed by atoms with Crippen LogP contribution in [-0.2, 0) is 9.59 Å². The van der Waals surface area contributed by atoms with Gasteiger partial charge in [-0.25, -0.2) is 0 Å². The summed E-state index contributed by atoms with van der Waals surface area (Å²) >= 11 is 5.86. The van der Waals surface area contributed by atoms with Crippen LogP contribution in [-0.4, -0.2) is 31.0 Å². The Morgan fingerprint density at radius 3 is 2.31 bits per heavy atom. The van der Waals surface area contributed by atoms with E-state index in [9.17, 15) is 14.7 Å². The summed E-state index contributed by atoms with van der Waals surface area (Å²) in [4.78, 5) is 24.3. The molecule has 7 heteroatoms. The molecule has 1 heterocycles. The van der Waals surface area contributed by atoms with Gasteiger partial charge in [-0.1, -0.05) is 17.7 Å². The standard InChI is InChI=1S/C19H16ClNO5/c1-25-13-8-5-11(9-14(13)26-2)16-15(18(23)19(24)21-16)17(22)10-3-6-12(20)7-4-10/h3-9,16,22H,1-2H3,(H,21,24)/t16-/m1/s1. The number of ether oxygens (including phenoxy) is 2. The summed E-state index contributed by atoms with van der Waals surface area (Å²) in [5, 5.41) is 13.7. The van der Waals surface area contributed by atoms with E-state index in [1.807, 2.05) is 0 Å². The minimum atomic E-state index is -0.800. The highest BCUT2D eigenvalue weighted by Gasteiger charge is 2.39. The van der Waals surface area contributed by atoms with Gasteiger partial charge in [0.1, 0.15) is 5.76 Å². The highest BCUT2D eigenvalue weighted by Crippen LogP contribution is 2.37. The number of Topliss-reactive ketones (excluding diaryl/α,β-unsaturated/α-hetero) is 1. The zero-order valence-corrected chi connectivity index (χ0v) is 14.8. The minimum absolute atomic E-state index is 0.0236. The van der Waals surface area contributed by atoms with Gasteiger partial charge in [0.05, 0.1) is 25.8 Å². The maximum Gasteiger partial charge on any atom is 0.293 e. The molecule has 0 radical (unpaired) electrons. The van der Waals surface area contributed by atoms with Crippen molar-refractivity contribution < 1.29 is 24.2 Å². The van der Waals surface area contributed by atoms with Gasteiger partial charge in [0.15, 0.2) is 11.5 Å². The van der Waals surface area contributed by atoms with E-state index in [4.69, 9.17) is 21.1 Å². The normalized spacial score (nSPS) is 18.5. The lowest BCUT2D eigenvalue weighted by molar-refractivity contribution is -0.133. The Morgan fingerprint density at radius 2 is 1.69 bits per heavy atom. The highest BCUT2D eigenvalue weighted by molar-refractivity contribution is 6.46. The molecule has 2 aromatic rings. The third-order valence-electron chi connectivity index (χ3n) is 4.13. The summed E-state index contributed by atoms with van der Waals surface area (Å²) in [6.45, 7) is 0. The van der Waals surface area contributed by atoms with Gasteiger partial charge in [0.2, 0.25) is 0 Å². The molecule has 0 saturated carbocycles. The van der Waals surface area contributed by atoms with E-state index in [2.05, 4.69) is 5.32 Å². The van der Waals surface area contributed by atoms with E-state index < -0.39 is 17.7 Å². The number of aliphatic hydroxyl groups excluding tert-OH is 1. The average molecular weight is 374 g/mol. The molecule has 0 aromatic heterocycles. The second-order valence-electron chi connectivity index (χ2n) is 5.62. The van der Waals surface area contributed by atoms with Crippen LogP contribution in [0.1, 0.15) is 17.2 Å². The molecule has 2 N–H and O–H groups in total. The predicted molar refractivity (Wildman–Crippen MR) is 96.4 cm³/mol. The fourth-order valence-electron chi connectivity index (χ4n) is 2.81. The summed E-state index contributed by atoms with van der Waals surface area (Å²) < 4.78 is 10.5. The number of amides is 1. The Labute approximate surface area is 155 Å². The zero-order chi connectivity index (χ0) is 18.8. The molecule has 0 aliphatic carbocycles. The van der Waals surface area contributed by atoms with Crippen molar-refractivity contribution >= 4 is 29.1 Å². The monoisotopic (exact) mass is 373 g/mol. The number of carbonyl (C=O) groups excluding carboxylic acids is 2. The molecular weight excluding hydrogens is 358 g/mol. The molecule has 0 unspecified atom stereocenters. The largest absolute Gasteiger partial charge is 0.507 e. The van der Waals surface area contributed by atoms with Crippen molar-refractivity contribution in [3.63, 3.8) is 0 Å². The van der Waals surface area contributed by atoms with Crippen LogP contribution in [0.15, 0.2) is 48.0 Å². The van der Waals surface area contributed by atoms with Crippen LogP contribution in [0.4, 0.5) is 0 Å². The summed E-state index contributed by atoms with van der Waals surface area (Å²) in [6.07, 6.45) is 0. The smallest absolute Gasteiger partial charge is 0.293 e. The molecule has 1 saturated heterocycles. The molecule has 1 amide bonds. The first kappa shape index (κ1) is 17.8. The molecule has 1 aliphatic heterocycles. The van der Waals surface area contributed by atoms with Crippen molar-refractivity contribution in [2.24, 2.45) is 0 Å².